The van der Waals surface area contributed by atoms with Crippen LogP contribution in [0.5, 0.6) is 5.75 Å². The highest BCUT2D eigenvalue weighted by Crippen LogP contribution is 2.32. The molecule has 3 aromatic carbocycles. The molecule has 0 aliphatic carbocycles. The topological polar surface area (TPSA) is 35.5 Å². The predicted molar refractivity (Wildman–Crippen MR) is 127 cm³/mol. The quantitative estimate of drug-likeness (QED) is 0.176. The van der Waals surface area contributed by atoms with Gasteiger partial charge in [0.1, 0.15) is 5.75 Å². The Morgan fingerprint density at radius 3 is 1.82 bits per heavy atom. The van der Waals surface area contributed by atoms with Crippen molar-refractivity contribution in [1.82, 2.24) is 0 Å². The number of ether oxygens (including phenoxy) is 2. The van der Waals surface area contributed by atoms with E-state index in [1.54, 1.807) is 24.3 Å². The Kier molecular flexibility index (Phi) is 8.99. The molecule has 174 valence electrons. The molecule has 5 heteroatoms. The summed E-state index contributed by atoms with van der Waals surface area (Å²) in [5, 5.41) is 0. The van der Waals surface area contributed by atoms with E-state index in [1.165, 1.54) is 24.1 Å². The van der Waals surface area contributed by atoms with Gasteiger partial charge in [0.05, 0.1) is 6.61 Å². The van der Waals surface area contributed by atoms with Crippen molar-refractivity contribution in [2.24, 2.45) is 0 Å². The number of hydrogen-bond acceptors (Lipinski definition) is 3. The van der Waals surface area contributed by atoms with Gasteiger partial charge in [-0.2, -0.15) is 0 Å². The summed E-state index contributed by atoms with van der Waals surface area (Å²) >= 11 is 0. The van der Waals surface area contributed by atoms with Gasteiger partial charge >= 0.3 is 6.16 Å². The molecule has 0 radical (unpaired) electrons. The zero-order valence-electron chi connectivity index (χ0n) is 19.2. The average molecular weight is 453 g/mol. The zero-order valence-corrected chi connectivity index (χ0v) is 19.2. The van der Waals surface area contributed by atoms with Gasteiger partial charge in [-0.25, -0.2) is 13.6 Å². The Hall–Kier alpha value is -3.21. The highest BCUT2D eigenvalue weighted by molar-refractivity contribution is 5.72. The molecule has 0 atom stereocenters. The van der Waals surface area contributed by atoms with E-state index in [9.17, 15) is 13.6 Å². The summed E-state index contributed by atoms with van der Waals surface area (Å²) in [5.74, 6) is -1.52. The second-order valence-electron chi connectivity index (χ2n) is 8.02. The van der Waals surface area contributed by atoms with Gasteiger partial charge in [0.15, 0.2) is 11.6 Å². The number of unbranched alkanes of at least 4 members (excludes halogenated alkanes) is 3. The summed E-state index contributed by atoms with van der Waals surface area (Å²) in [7, 11) is 0. The second-order valence-corrected chi connectivity index (χ2v) is 8.02. The highest BCUT2D eigenvalue weighted by Gasteiger charge is 2.16. The fraction of sp³-hybridized carbons (Fsp3) is 0.321. The van der Waals surface area contributed by atoms with Crippen LogP contribution in [-0.2, 0) is 11.2 Å². The van der Waals surface area contributed by atoms with E-state index in [1.807, 2.05) is 31.2 Å². The minimum atomic E-state index is -0.910. The molecule has 33 heavy (non-hydrogen) atoms. The summed E-state index contributed by atoms with van der Waals surface area (Å²) in [6.45, 7) is 4.46. The SMILES string of the molecule is CCCCCc1ccc(-c2ccc(-c3ccc(OC(=O)OCCCC)cc3)c(F)c2F)cc1. The van der Waals surface area contributed by atoms with Crippen LogP contribution >= 0.6 is 0 Å². The van der Waals surface area contributed by atoms with Crippen LogP contribution in [0.25, 0.3) is 22.3 Å². The Bertz CT molecular complexity index is 1040. The first kappa shape index (κ1) is 24.4. The number of aryl methyl sites for hydroxylation is 1. The standard InChI is InChI=1S/C28H30F2O3/c1-3-5-7-8-20-9-11-21(12-10-20)24-17-18-25(27(30)26(24)29)22-13-15-23(16-14-22)33-28(31)32-19-6-4-2/h9-18H,3-8,19H2,1-2H3. The first-order valence-electron chi connectivity index (χ1n) is 11.6. The van der Waals surface area contributed by atoms with Crippen molar-refractivity contribution in [1.29, 1.82) is 0 Å². The maximum Gasteiger partial charge on any atom is 0.513 e. The van der Waals surface area contributed by atoms with Crippen LogP contribution in [0.2, 0.25) is 0 Å². The van der Waals surface area contributed by atoms with Gasteiger partial charge in [0.25, 0.3) is 0 Å². The van der Waals surface area contributed by atoms with Crippen LogP contribution < -0.4 is 4.74 Å². The first-order chi connectivity index (χ1) is 16.0. The van der Waals surface area contributed by atoms with Crippen LogP contribution in [0, 0.1) is 11.6 Å². The lowest BCUT2D eigenvalue weighted by atomic mass is 9.97. The van der Waals surface area contributed by atoms with Crippen molar-refractivity contribution >= 4 is 6.16 Å². The number of benzene rings is 3. The fourth-order valence-corrected chi connectivity index (χ4v) is 3.55. The number of halogens is 2. The molecule has 3 aromatic rings. The van der Waals surface area contributed by atoms with Crippen molar-refractivity contribution in [2.45, 2.75) is 52.4 Å². The van der Waals surface area contributed by atoms with E-state index >= 15 is 0 Å². The fourth-order valence-electron chi connectivity index (χ4n) is 3.55. The molecule has 0 fully saturated rings. The molecule has 3 rings (SSSR count). The van der Waals surface area contributed by atoms with E-state index < -0.39 is 17.8 Å². The Morgan fingerprint density at radius 2 is 1.27 bits per heavy atom. The van der Waals surface area contributed by atoms with E-state index in [2.05, 4.69) is 6.92 Å². The van der Waals surface area contributed by atoms with Crippen LogP contribution in [0.4, 0.5) is 13.6 Å². The number of hydrogen-bond donors (Lipinski definition) is 0. The van der Waals surface area contributed by atoms with E-state index in [-0.39, 0.29) is 16.9 Å². The Labute approximate surface area is 194 Å². The number of rotatable bonds is 10. The molecule has 0 spiro atoms. The summed E-state index contributed by atoms with van der Waals surface area (Å²) in [6, 6.07) is 17.0. The molecule has 0 aliphatic rings. The third-order valence-electron chi connectivity index (χ3n) is 5.50. The van der Waals surface area contributed by atoms with Crippen LogP contribution in [0.1, 0.15) is 51.5 Å². The summed E-state index contributed by atoms with van der Waals surface area (Å²) in [5.41, 5.74) is 2.69. The molecule has 0 unspecified atom stereocenters. The summed E-state index contributed by atoms with van der Waals surface area (Å²) < 4.78 is 39.9. The van der Waals surface area contributed by atoms with Crippen LogP contribution in [0.15, 0.2) is 60.7 Å². The molecule has 0 aliphatic heterocycles. The molecule has 0 bridgehead atoms. The summed E-state index contributed by atoms with van der Waals surface area (Å²) in [4.78, 5) is 11.6. The molecule has 3 nitrogen and oxygen atoms in total. The maximum atomic E-state index is 14.9. The van der Waals surface area contributed by atoms with Crippen molar-refractivity contribution in [2.75, 3.05) is 6.61 Å². The monoisotopic (exact) mass is 452 g/mol. The van der Waals surface area contributed by atoms with Gasteiger partial charge in [-0.15, -0.1) is 0 Å². The third kappa shape index (κ3) is 6.64. The maximum absolute atomic E-state index is 14.9. The molecule has 0 amide bonds. The van der Waals surface area contributed by atoms with E-state index in [0.717, 1.165) is 32.1 Å². The van der Waals surface area contributed by atoms with Gasteiger partial charge < -0.3 is 9.47 Å². The second kappa shape index (κ2) is 12.1. The van der Waals surface area contributed by atoms with Crippen LogP contribution in [-0.4, -0.2) is 12.8 Å². The summed E-state index contributed by atoms with van der Waals surface area (Å²) in [6.07, 6.45) is 5.34. The van der Waals surface area contributed by atoms with Gasteiger partial charge in [0, 0.05) is 11.1 Å². The molecular weight excluding hydrogens is 422 g/mol. The molecule has 0 N–H and O–H groups in total. The minimum absolute atomic E-state index is 0.143. The average Bonchev–Trinajstić information content (AvgIpc) is 2.82. The van der Waals surface area contributed by atoms with Crippen molar-refractivity contribution in [3.8, 4) is 28.0 Å². The molecule has 0 saturated heterocycles. The number of carbonyl (C=O) groups is 1. The number of carbonyl (C=O) groups excluding carboxylic acids is 1. The Balaban J connectivity index is 1.71. The van der Waals surface area contributed by atoms with Crippen molar-refractivity contribution in [3.63, 3.8) is 0 Å². The normalized spacial score (nSPS) is 10.8. The highest BCUT2D eigenvalue weighted by atomic mass is 19.2. The van der Waals surface area contributed by atoms with Crippen molar-refractivity contribution in [3.05, 3.63) is 77.9 Å². The smallest absolute Gasteiger partial charge is 0.434 e. The first-order valence-corrected chi connectivity index (χ1v) is 11.6. The lowest BCUT2D eigenvalue weighted by Crippen LogP contribution is -2.11. The molecule has 0 aromatic heterocycles. The minimum Gasteiger partial charge on any atom is -0.434 e. The lowest BCUT2D eigenvalue weighted by molar-refractivity contribution is 0.0978. The zero-order chi connectivity index (χ0) is 23.6. The molecule has 0 saturated carbocycles. The van der Waals surface area contributed by atoms with E-state index in [4.69, 9.17) is 9.47 Å². The van der Waals surface area contributed by atoms with Gasteiger partial charge in [-0.1, -0.05) is 81.6 Å². The predicted octanol–water partition coefficient (Wildman–Crippen LogP) is 8.35. The molecular formula is C28H30F2O3. The largest absolute Gasteiger partial charge is 0.513 e. The van der Waals surface area contributed by atoms with E-state index in [0.29, 0.717) is 17.7 Å². The third-order valence-corrected chi connectivity index (χ3v) is 5.50. The van der Waals surface area contributed by atoms with Gasteiger partial charge in [0.2, 0.25) is 0 Å². The lowest BCUT2D eigenvalue weighted by Gasteiger charge is -2.11. The Morgan fingerprint density at radius 1 is 0.727 bits per heavy atom. The van der Waals surface area contributed by atoms with Crippen molar-refractivity contribution < 1.29 is 23.0 Å². The molecule has 0 heterocycles. The van der Waals surface area contributed by atoms with Crippen LogP contribution in [0.3, 0.4) is 0 Å². The van der Waals surface area contributed by atoms with Gasteiger partial charge in [-0.3, -0.25) is 0 Å². The van der Waals surface area contributed by atoms with Gasteiger partial charge in [-0.05, 0) is 48.1 Å².